The second-order valence-electron chi connectivity index (χ2n) is 6.11. The number of hydrogen-bond donors (Lipinski definition) is 1. The van der Waals surface area contributed by atoms with Gasteiger partial charge in [-0.15, -0.1) is 0 Å². The number of hydrogen-bond acceptors (Lipinski definition) is 4. The van der Waals surface area contributed by atoms with Crippen LogP contribution in [0.3, 0.4) is 0 Å². The molecule has 23 heavy (non-hydrogen) atoms. The van der Waals surface area contributed by atoms with Gasteiger partial charge in [-0.25, -0.2) is 4.79 Å². The van der Waals surface area contributed by atoms with Gasteiger partial charge in [-0.05, 0) is 51.8 Å². The van der Waals surface area contributed by atoms with Crippen molar-refractivity contribution in [2.45, 2.75) is 6.42 Å². The first-order valence-corrected chi connectivity index (χ1v) is 8.01. The molecule has 1 fully saturated rings. The van der Waals surface area contributed by atoms with E-state index in [0.717, 1.165) is 45.7 Å². The van der Waals surface area contributed by atoms with E-state index in [2.05, 4.69) is 35.3 Å². The normalized spacial score (nSPS) is 15.5. The van der Waals surface area contributed by atoms with Gasteiger partial charge in [0.25, 0.3) is 0 Å². The zero-order valence-electron chi connectivity index (χ0n) is 14.0. The number of nitrogens with zero attached hydrogens (tertiary/aromatic N) is 4. The molecular weight excluding hydrogens is 290 g/mol. The van der Waals surface area contributed by atoms with Crippen molar-refractivity contribution in [2.24, 2.45) is 0 Å². The predicted molar refractivity (Wildman–Crippen MR) is 91.4 cm³/mol. The second-order valence-corrected chi connectivity index (χ2v) is 6.11. The first-order valence-electron chi connectivity index (χ1n) is 8.01. The fourth-order valence-electron chi connectivity index (χ4n) is 2.65. The first-order chi connectivity index (χ1) is 11.1. The average Bonchev–Trinajstić information content (AvgIpc) is 2.55. The number of amides is 2. The van der Waals surface area contributed by atoms with Crippen molar-refractivity contribution in [3.05, 3.63) is 29.8 Å². The largest absolute Gasteiger partial charge is 0.322 e. The molecule has 2 rings (SSSR count). The van der Waals surface area contributed by atoms with Crippen molar-refractivity contribution in [2.75, 3.05) is 58.7 Å². The number of rotatable bonds is 5. The van der Waals surface area contributed by atoms with Gasteiger partial charge in [0, 0.05) is 31.9 Å². The Bertz CT molecular complexity index is 558. The highest BCUT2D eigenvalue weighted by Crippen LogP contribution is 2.12. The first kappa shape index (κ1) is 17.3. The van der Waals surface area contributed by atoms with E-state index in [1.807, 2.05) is 4.90 Å². The number of nitriles is 1. The lowest BCUT2D eigenvalue weighted by Gasteiger charge is -2.34. The molecular formula is C17H25N5O. The van der Waals surface area contributed by atoms with Gasteiger partial charge in [0.15, 0.2) is 0 Å². The zero-order valence-corrected chi connectivity index (χ0v) is 14.0. The molecule has 0 aromatic heterocycles. The van der Waals surface area contributed by atoms with Crippen LogP contribution < -0.4 is 5.32 Å². The SMILES string of the molecule is CN(C)CCCN1CCN(C(=O)Nc2cccc(C#N)c2)CC1. The number of carbonyl (C=O) groups excluding carboxylic acids is 1. The number of carbonyl (C=O) groups is 1. The summed E-state index contributed by atoms with van der Waals surface area (Å²) in [5.41, 5.74) is 1.22. The van der Waals surface area contributed by atoms with Crippen LogP contribution in [0.15, 0.2) is 24.3 Å². The van der Waals surface area contributed by atoms with Crippen molar-refractivity contribution >= 4 is 11.7 Å². The summed E-state index contributed by atoms with van der Waals surface area (Å²) in [6.07, 6.45) is 1.15. The minimum absolute atomic E-state index is 0.0898. The van der Waals surface area contributed by atoms with Gasteiger partial charge in [0.2, 0.25) is 0 Å². The molecule has 1 aliphatic rings. The summed E-state index contributed by atoms with van der Waals surface area (Å²) in [5.74, 6) is 0. The summed E-state index contributed by atoms with van der Waals surface area (Å²) < 4.78 is 0. The third kappa shape index (κ3) is 5.55. The Morgan fingerprint density at radius 3 is 2.70 bits per heavy atom. The van der Waals surface area contributed by atoms with Crippen molar-refractivity contribution in [3.63, 3.8) is 0 Å². The number of anilines is 1. The Morgan fingerprint density at radius 1 is 1.30 bits per heavy atom. The average molecular weight is 315 g/mol. The minimum atomic E-state index is -0.0898. The fourth-order valence-corrected chi connectivity index (χ4v) is 2.65. The molecule has 0 saturated carbocycles. The molecule has 0 aliphatic carbocycles. The predicted octanol–water partition coefficient (Wildman–Crippen LogP) is 1.66. The summed E-state index contributed by atoms with van der Waals surface area (Å²) >= 11 is 0. The van der Waals surface area contributed by atoms with Crippen LogP contribution in [-0.2, 0) is 0 Å². The number of piperazine rings is 1. The molecule has 0 radical (unpaired) electrons. The maximum absolute atomic E-state index is 12.3. The highest BCUT2D eigenvalue weighted by atomic mass is 16.2. The Morgan fingerprint density at radius 2 is 2.04 bits per heavy atom. The van der Waals surface area contributed by atoms with E-state index in [4.69, 9.17) is 5.26 Å². The van der Waals surface area contributed by atoms with E-state index < -0.39 is 0 Å². The highest BCUT2D eigenvalue weighted by Gasteiger charge is 2.20. The van der Waals surface area contributed by atoms with E-state index in [-0.39, 0.29) is 6.03 Å². The van der Waals surface area contributed by atoms with Gasteiger partial charge in [0.05, 0.1) is 11.6 Å². The van der Waals surface area contributed by atoms with Gasteiger partial charge < -0.3 is 15.1 Å². The summed E-state index contributed by atoms with van der Waals surface area (Å²) in [6, 6.07) is 8.98. The Labute approximate surface area is 138 Å². The Balaban J connectivity index is 1.76. The van der Waals surface area contributed by atoms with Gasteiger partial charge in [0.1, 0.15) is 0 Å². The maximum atomic E-state index is 12.3. The third-order valence-corrected chi connectivity index (χ3v) is 3.98. The molecule has 0 bridgehead atoms. The van der Waals surface area contributed by atoms with Crippen LogP contribution in [0.1, 0.15) is 12.0 Å². The smallest absolute Gasteiger partial charge is 0.321 e. The second kappa shape index (κ2) is 8.51. The molecule has 1 saturated heterocycles. The van der Waals surface area contributed by atoms with E-state index in [0.29, 0.717) is 11.3 Å². The van der Waals surface area contributed by atoms with Crippen LogP contribution in [0.5, 0.6) is 0 Å². The Hall–Kier alpha value is -2.10. The van der Waals surface area contributed by atoms with E-state index in [9.17, 15) is 4.79 Å². The molecule has 6 nitrogen and oxygen atoms in total. The minimum Gasteiger partial charge on any atom is -0.322 e. The van der Waals surface area contributed by atoms with E-state index in [1.165, 1.54) is 0 Å². The summed E-state index contributed by atoms with van der Waals surface area (Å²) in [6.45, 7) is 5.49. The van der Waals surface area contributed by atoms with Crippen molar-refractivity contribution in [3.8, 4) is 6.07 Å². The molecule has 0 atom stereocenters. The quantitative estimate of drug-likeness (QED) is 0.897. The molecule has 1 aromatic rings. The van der Waals surface area contributed by atoms with Crippen molar-refractivity contribution < 1.29 is 4.79 Å². The van der Waals surface area contributed by atoms with Gasteiger partial charge in [-0.3, -0.25) is 4.90 Å². The summed E-state index contributed by atoms with van der Waals surface area (Å²) in [5, 5.41) is 11.8. The molecule has 0 spiro atoms. The number of benzene rings is 1. The van der Waals surface area contributed by atoms with Crippen LogP contribution in [0, 0.1) is 11.3 Å². The summed E-state index contributed by atoms with van der Waals surface area (Å²) in [7, 11) is 4.17. The van der Waals surface area contributed by atoms with Crippen LogP contribution in [-0.4, -0.2) is 74.1 Å². The lowest BCUT2D eigenvalue weighted by molar-refractivity contribution is 0.144. The van der Waals surface area contributed by atoms with Crippen LogP contribution in [0.25, 0.3) is 0 Å². The fraction of sp³-hybridized carbons (Fsp3) is 0.529. The highest BCUT2D eigenvalue weighted by molar-refractivity contribution is 5.89. The standard InChI is InChI=1S/C17H25N5O/c1-20(2)7-4-8-21-9-11-22(12-10-21)17(23)19-16-6-3-5-15(13-16)14-18/h3,5-6,13H,4,7-12H2,1-2H3,(H,19,23). The van der Waals surface area contributed by atoms with Gasteiger partial charge >= 0.3 is 6.03 Å². The van der Waals surface area contributed by atoms with Crippen molar-refractivity contribution in [1.29, 1.82) is 5.26 Å². The number of urea groups is 1. The lowest BCUT2D eigenvalue weighted by Crippen LogP contribution is -2.50. The number of nitrogens with one attached hydrogen (secondary N) is 1. The van der Waals surface area contributed by atoms with Gasteiger partial charge in [-0.1, -0.05) is 6.07 Å². The lowest BCUT2D eigenvalue weighted by atomic mass is 10.2. The van der Waals surface area contributed by atoms with Gasteiger partial charge in [-0.2, -0.15) is 5.26 Å². The zero-order chi connectivity index (χ0) is 16.7. The third-order valence-electron chi connectivity index (χ3n) is 3.98. The Kier molecular flexibility index (Phi) is 6.39. The van der Waals surface area contributed by atoms with E-state index in [1.54, 1.807) is 24.3 Å². The molecule has 6 heteroatoms. The molecule has 1 aromatic carbocycles. The molecule has 1 N–H and O–H groups in total. The molecule has 1 heterocycles. The van der Waals surface area contributed by atoms with Crippen LogP contribution in [0.4, 0.5) is 10.5 Å². The van der Waals surface area contributed by atoms with Crippen molar-refractivity contribution in [1.82, 2.24) is 14.7 Å². The maximum Gasteiger partial charge on any atom is 0.321 e. The monoisotopic (exact) mass is 315 g/mol. The van der Waals surface area contributed by atoms with E-state index >= 15 is 0 Å². The molecule has 2 amide bonds. The topological polar surface area (TPSA) is 62.6 Å². The van der Waals surface area contributed by atoms with Crippen LogP contribution in [0.2, 0.25) is 0 Å². The molecule has 124 valence electrons. The summed E-state index contributed by atoms with van der Waals surface area (Å²) in [4.78, 5) is 18.7. The molecule has 1 aliphatic heterocycles. The van der Waals surface area contributed by atoms with Crippen LogP contribution >= 0.6 is 0 Å². The molecule has 0 unspecified atom stereocenters.